The van der Waals surface area contributed by atoms with Crippen LogP contribution < -0.4 is 5.32 Å². The fraction of sp³-hybridized carbons (Fsp3) is 0.462. The number of pyridine rings is 1. The van der Waals surface area contributed by atoms with Gasteiger partial charge in [0, 0.05) is 6.20 Å². The van der Waals surface area contributed by atoms with Crippen LogP contribution in [0.15, 0.2) is 18.5 Å². The number of carbonyl (C=O) groups excluding carboxylic acids is 2. The second-order valence-electron chi connectivity index (χ2n) is 4.29. The Morgan fingerprint density at radius 3 is 2.68 bits per heavy atom. The number of nitrogens with one attached hydrogen (secondary N) is 1. The molecule has 0 saturated carbocycles. The third-order valence-corrected chi connectivity index (χ3v) is 2.94. The predicted molar refractivity (Wildman–Crippen MR) is 68.6 cm³/mol. The molecule has 0 aromatic carbocycles. The number of aromatic nitrogens is 1. The molecule has 1 heterocycles. The molecule has 0 radical (unpaired) electrons. The van der Waals surface area contributed by atoms with Crippen molar-refractivity contribution in [2.75, 3.05) is 7.11 Å². The average molecular weight is 266 g/mol. The number of amides is 1. The summed E-state index contributed by atoms with van der Waals surface area (Å²) < 4.78 is 4.68. The van der Waals surface area contributed by atoms with Gasteiger partial charge >= 0.3 is 5.97 Å². The highest BCUT2D eigenvalue weighted by atomic mass is 16.5. The highest BCUT2D eigenvalue weighted by molar-refractivity contribution is 5.96. The lowest BCUT2D eigenvalue weighted by Crippen LogP contribution is -2.45. The maximum Gasteiger partial charge on any atom is 0.328 e. The topological polar surface area (TPSA) is 88.5 Å². The molecule has 104 valence electrons. The molecule has 0 fully saturated rings. The summed E-state index contributed by atoms with van der Waals surface area (Å²) in [5.41, 5.74) is 0.192. The van der Waals surface area contributed by atoms with E-state index in [1.807, 2.05) is 13.8 Å². The highest BCUT2D eigenvalue weighted by Gasteiger charge is 2.27. The van der Waals surface area contributed by atoms with Gasteiger partial charge in [-0.3, -0.25) is 9.78 Å². The molecule has 2 unspecified atom stereocenters. The first-order valence-corrected chi connectivity index (χ1v) is 6.02. The van der Waals surface area contributed by atoms with Gasteiger partial charge in [-0.05, 0) is 12.0 Å². The number of nitrogens with zero attached hydrogens (tertiary/aromatic N) is 1. The van der Waals surface area contributed by atoms with E-state index in [2.05, 4.69) is 15.0 Å². The third kappa shape index (κ3) is 3.94. The fourth-order valence-corrected chi connectivity index (χ4v) is 1.57. The Labute approximate surface area is 111 Å². The lowest BCUT2D eigenvalue weighted by molar-refractivity contribution is -0.144. The Balaban J connectivity index is 2.84. The molecule has 1 aromatic rings. The molecular weight excluding hydrogens is 248 g/mol. The number of aromatic hydroxyl groups is 1. The summed E-state index contributed by atoms with van der Waals surface area (Å²) in [6.07, 6.45) is 3.27. The van der Waals surface area contributed by atoms with Gasteiger partial charge in [0.05, 0.1) is 18.9 Å². The molecule has 0 spiro atoms. The van der Waals surface area contributed by atoms with E-state index in [4.69, 9.17) is 0 Å². The molecule has 0 aliphatic carbocycles. The molecular formula is C13H18N2O4. The van der Waals surface area contributed by atoms with Crippen molar-refractivity contribution in [2.24, 2.45) is 5.92 Å². The highest BCUT2D eigenvalue weighted by Crippen LogP contribution is 2.12. The Hall–Kier alpha value is -2.11. The van der Waals surface area contributed by atoms with Crippen molar-refractivity contribution in [1.29, 1.82) is 0 Å². The zero-order valence-electron chi connectivity index (χ0n) is 11.2. The Morgan fingerprint density at radius 1 is 1.47 bits per heavy atom. The summed E-state index contributed by atoms with van der Waals surface area (Å²) in [4.78, 5) is 27.3. The van der Waals surface area contributed by atoms with Crippen molar-refractivity contribution in [3.05, 3.63) is 24.0 Å². The van der Waals surface area contributed by atoms with Gasteiger partial charge in [-0.1, -0.05) is 20.3 Å². The van der Waals surface area contributed by atoms with E-state index in [9.17, 15) is 14.7 Å². The van der Waals surface area contributed by atoms with Gasteiger partial charge < -0.3 is 15.2 Å². The van der Waals surface area contributed by atoms with Crippen molar-refractivity contribution in [2.45, 2.75) is 26.3 Å². The number of carbonyl (C=O) groups is 2. The second kappa shape index (κ2) is 6.72. The number of hydrogen-bond donors (Lipinski definition) is 2. The number of esters is 1. The van der Waals surface area contributed by atoms with E-state index in [0.29, 0.717) is 0 Å². The lowest BCUT2D eigenvalue weighted by Gasteiger charge is -2.21. The van der Waals surface area contributed by atoms with Gasteiger partial charge in [0.2, 0.25) is 0 Å². The first-order valence-electron chi connectivity index (χ1n) is 6.02. The quantitative estimate of drug-likeness (QED) is 0.779. The van der Waals surface area contributed by atoms with Crippen molar-refractivity contribution >= 4 is 11.9 Å². The van der Waals surface area contributed by atoms with Crippen LogP contribution in [0.5, 0.6) is 5.75 Å². The van der Waals surface area contributed by atoms with Crippen LogP contribution in [-0.2, 0) is 9.53 Å². The summed E-state index contributed by atoms with van der Waals surface area (Å²) in [5.74, 6) is -1.12. The maximum atomic E-state index is 12.0. The van der Waals surface area contributed by atoms with Crippen LogP contribution in [0.2, 0.25) is 0 Å². The van der Waals surface area contributed by atoms with Gasteiger partial charge in [0.1, 0.15) is 11.8 Å². The molecule has 0 aliphatic heterocycles. The Morgan fingerprint density at radius 2 is 2.16 bits per heavy atom. The predicted octanol–water partition coefficient (Wildman–Crippen LogP) is 1.10. The molecule has 0 aliphatic rings. The van der Waals surface area contributed by atoms with E-state index in [1.165, 1.54) is 25.6 Å². The largest absolute Gasteiger partial charge is 0.506 e. The number of hydrogen-bond acceptors (Lipinski definition) is 5. The minimum Gasteiger partial charge on any atom is -0.506 e. The smallest absolute Gasteiger partial charge is 0.328 e. The van der Waals surface area contributed by atoms with Gasteiger partial charge in [-0.25, -0.2) is 4.79 Å². The van der Waals surface area contributed by atoms with Crippen LogP contribution in [0, 0.1) is 5.92 Å². The monoisotopic (exact) mass is 266 g/mol. The minimum absolute atomic E-state index is 0.0540. The molecule has 1 amide bonds. The van der Waals surface area contributed by atoms with Crippen LogP contribution in [0.25, 0.3) is 0 Å². The minimum atomic E-state index is -0.718. The Bertz CT molecular complexity index is 462. The van der Waals surface area contributed by atoms with Gasteiger partial charge in [-0.15, -0.1) is 0 Å². The van der Waals surface area contributed by atoms with Crippen LogP contribution in [0.3, 0.4) is 0 Å². The van der Waals surface area contributed by atoms with Crippen LogP contribution in [0.1, 0.15) is 30.6 Å². The van der Waals surface area contributed by atoms with Gasteiger partial charge in [0.25, 0.3) is 5.91 Å². The number of methoxy groups -OCH3 is 1. The Kier molecular flexibility index (Phi) is 5.29. The van der Waals surface area contributed by atoms with Crippen molar-refractivity contribution in [3.8, 4) is 5.75 Å². The molecule has 0 saturated heterocycles. The molecule has 6 heteroatoms. The molecule has 6 nitrogen and oxygen atoms in total. The van der Waals surface area contributed by atoms with E-state index in [-0.39, 0.29) is 17.2 Å². The van der Waals surface area contributed by atoms with Crippen molar-refractivity contribution in [1.82, 2.24) is 10.3 Å². The van der Waals surface area contributed by atoms with Crippen LogP contribution in [-0.4, -0.2) is 35.1 Å². The summed E-state index contributed by atoms with van der Waals surface area (Å²) in [7, 11) is 1.28. The normalized spacial score (nSPS) is 13.4. The van der Waals surface area contributed by atoms with Crippen LogP contribution in [0.4, 0.5) is 0 Å². The van der Waals surface area contributed by atoms with E-state index in [0.717, 1.165) is 6.42 Å². The SMILES string of the molecule is CCC(C)C(NC(=O)c1cncc(O)c1)C(=O)OC. The van der Waals surface area contributed by atoms with E-state index in [1.54, 1.807) is 0 Å². The second-order valence-corrected chi connectivity index (χ2v) is 4.29. The zero-order chi connectivity index (χ0) is 14.4. The summed E-state index contributed by atoms with van der Waals surface area (Å²) >= 11 is 0. The van der Waals surface area contributed by atoms with E-state index >= 15 is 0 Å². The molecule has 19 heavy (non-hydrogen) atoms. The zero-order valence-corrected chi connectivity index (χ0v) is 11.2. The molecule has 2 N–H and O–H groups in total. The summed E-state index contributed by atoms with van der Waals surface area (Å²) in [6, 6.07) is 0.567. The fourth-order valence-electron chi connectivity index (χ4n) is 1.57. The third-order valence-electron chi connectivity index (χ3n) is 2.94. The first kappa shape index (κ1) is 14.9. The number of ether oxygens (including phenoxy) is 1. The first-order chi connectivity index (χ1) is 8.99. The maximum absolute atomic E-state index is 12.0. The van der Waals surface area contributed by atoms with Crippen molar-refractivity contribution < 1.29 is 19.4 Å². The molecule has 1 aromatic heterocycles. The molecule has 1 rings (SSSR count). The number of rotatable bonds is 5. The van der Waals surface area contributed by atoms with Crippen LogP contribution >= 0.6 is 0 Å². The summed E-state index contributed by atoms with van der Waals surface area (Å²) in [6.45, 7) is 3.77. The average Bonchev–Trinajstić information content (AvgIpc) is 2.42. The van der Waals surface area contributed by atoms with Crippen molar-refractivity contribution in [3.63, 3.8) is 0 Å². The lowest BCUT2D eigenvalue weighted by atomic mass is 9.99. The van der Waals surface area contributed by atoms with Gasteiger partial charge in [-0.2, -0.15) is 0 Å². The van der Waals surface area contributed by atoms with E-state index < -0.39 is 17.9 Å². The molecule has 0 bridgehead atoms. The summed E-state index contributed by atoms with van der Waals surface area (Å²) in [5, 5.41) is 11.9. The van der Waals surface area contributed by atoms with Gasteiger partial charge in [0.15, 0.2) is 0 Å². The molecule has 2 atom stereocenters. The standard InChI is InChI=1S/C13H18N2O4/c1-4-8(2)11(13(18)19-3)15-12(17)9-5-10(16)7-14-6-9/h5-8,11,16H,4H2,1-3H3,(H,15,17).